The number of hydrogen-bond acceptors (Lipinski definition) is 6. The molecule has 0 aliphatic rings. The molecule has 7 aromatic rings. The number of fused-ring (bicyclic) bond motifs is 6. The molecule has 2 heterocycles. The predicted octanol–water partition coefficient (Wildman–Crippen LogP) is 7.80. The van der Waals surface area contributed by atoms with Gasteiger partial charge in [0.25, 0.3) is 0 Å². The molecule has 8 nitrogen and oxygen atoms in total. The third-order valence-electron chi connectivity index (χ3n) is 8.71. The Balaban J connectivity index is 1.02. The number of rotatable bonds is 15. The minimum atomic E-state index is -0.718. The zero-order valence-corrected chi connectivity index (χ0v) is 27.3. The Morgan fingerprint density at radius 2 is 1.10 bits per heavy atom. The SMILES string of the molecule is COc1ccccc1OCCN(CC(C)COc1cccc2[nH]c3ccccc3c12)CC(O)COc1cccc2[nH]c3ccccc3c12. The van der Waals surface area contributed by atoms with Gasteiger partial charge in [-0.3, -0.25) is 4.90 Å². The van der Waals surface area contributed by atoms with Gasteiger partial charge in [-0.25, -0.2) is 0 Å². The quantitative estimate of drug-likeness (QED) is 0.106. The number of aromatic nitrogens is 2. The van der Waals surface area contributed by atoms with Crippen LogP contribution in [-0.4, -0.2) is 72.6 Å². The van der Waals surface area contributed by atoms with Crippen molar-refractivity contribution < 1.29 is 24.1 Å². The topological polar surface area (TPSA) is 92.0 Å². The van der Waals surface area contributed by atoms with Crippen molar-refractivity contribution in [2.75, 3.05) is 46.6 Å². The van der Waals surface area contributed by atoms with Gasteiger partial charge in [0, 0.05) is 58.1 Å². The van der Waals surface area contributed by atoms with Gasteiger partial charge in [-0.15, -0.1) is 0 Å². The van der Waals surface area contributed by atoms with E-state index in [4.69, 9.17) is 18.9 Å². The molecule has 48 heavy (non-hydrogen) atoms. The van der Waals surface area contributed by atoms with Crippen molar-refractivity contribution in [2.45, 2.75) is 13.0 Å². The average molecular weight is 644 g/mol. The van der Waals surface area contributed by atoms with Crippen LogP contribution in [0.5, 0.6) is 23.0 Å². The first-order chi connectivity index (χ1) is 23.6. The molecule has 0 spiro atoms. The van der Waals surface area contributed by atoms with Gasteiger partial charge in [0.05, 0.1) is 24.8 Å². The van der Waals surface area contributed by atoms with Crippen LogP contribution in [0.4, 0.5) is 0 Å². The fourth-order valence-corrected chi connectivity index (χ4v) is 6.52. The van der Waals surface area contributed by atoms with Crippen molar-refractivity contribution in [3.05, 3.63) is 109 Å². The van der Waals surface area contributed by atoms with Crippen LogP contribution in [-0.2, 0) is 0 Å². The Bertz CT molecular complexity index is 2010. The summed E-state index contributed by atoms with van der Waals surface area (Å²) in [6, 6.07) is 36.2. The first-order valence-electron chi connectivity index (χ1n) is 16.5. The van der Waals surface area contributed by atoms with Crippen LogP contribution >= 0.6 is 0 Å². The summed E-state index contributed by atoms with van der Waals surface area (Å²) in [7, 11) is 1.64. The van der Waals surface area contributed by atoms with Gasteiger partial charge in [0.1, 0.15) is 30.8 Å². The van der Waals surface area contributed by atoms with E-state index in [-0.39, 0.29) is 12.5 Å². The summed E-state index contributed by atoms with van der Waals surface area (Å²) in [5.74, 6) is 3.17. The number of nitrogens with one attached hydrogen (secondary N) is 2. The Morgan fingerprint density at radius 1 is 0.583 bits per heavy atom. The van der Waals surface area contributed by atoms with E-state index in [2.05, 4.69) is 58.2 Å². The molecule has 5 aromatic carbocycles. The number of H-pyrrole nitrogens is 2. The normalized spacial score (nSPS) is 13.0. The fourth-order valence-electron chi connectivity index (χ4n) is 6.52. The first-order valence-corrected chi connectivity index (χ1v) is 16.5. The van der Waals surface area contributed by atoms with Crippen LogP contribution in [0, 0.1) is 5.92 Å². The molecule has 2 atom stereocenters. The standard InChI is InChI=1S/C40H41N3O5/c1-27(25-47-37-19-9-15-33-39(37)29-11-3-5-13-31(29)41-33)23-43(21-22-46-36-18-8-7-17-35(36)45-2)24-28(44)26-48-38-20-10-16-34-40(38)30-12-4-6-14-32(30)42-34/h3-20,27-28,41-42,44H,21-26H2,1-2H3. The molecule has 3 N–H and O–H groups in total. The summed E-state index contributed by atoms with van der Waals surface area (Å²) in [4.78, 5) is 9.17. The highest BCUT2D eigenvalue weighted by molar-refractivity contribution is 6.11. The second kappa shape index (κ2) is 14.3. The highest BCUT2D eigenvalue weighted by atomic mass is 16.5. The van der Waals surface area contributed by atoms with E-state index in [9.17, 15) is 5.11 Å². The van der Waals surface area contributed by atoms with E-state index < -0.39 is 6.10 Å². The highest BCUT2D eigenvalue weighted by Crippen LogP contribution is 2.34. The molecule has 0 saturated carbocycles. The molecular formula is C40H41N3O5. The maximum Gasteiger partial charge on any atom is 0.161 e. The monoisotopic (exact) mass is 643 g/mol. The van der Waals surface area contributed by atoms with Crippen LogP contribution in [0.25, 0.3) is 43.6 Å². The van der Waals surface area contributed by atoms with E-state index in [1.165, 1.54) is 0 Å². The van der Waals surface area contributed by atoms with Gasteiger partial charge in [-0.05, 0) is 48.5 Å². The molecule has 8 heteroatoms. The lowest BCUT2D eigenvalue weighted by Gasteiger charge is -2.28. The van der Waals surface area contributed by atoms with Gasteiger partial charge in [-0.1, -0.05) is 67.6 Å². The maximum absolute atomic E-state index is 11.3. The van der Waals surface area contributed by atoms with Gasteiger partial charge >= 0.3 is 0 Å². The Labute approximate surface area is 279 Å². The zero-order chi connectivity index (χ0) is 32.9. The minimum absolute atomic E-state index is 0.163. The van der Waals surface area contributed by atoms with Crippen LogP contribution < -0.4 is 18.9 Å². The highest BCUT2D eigenvalue weighted by Gasteiger charge is 2.19. The van der Waals surface area contributed by atoms with Gasteiger partial charge in [0.2, 0.25) is 0 Å². The molecule has 0 saturated heterocycles. The van der Waals surface area contributed by atoms with E-state index in [0.717, 1.165) is 55.1 Å². The van der Waals surface area contributed by atoms with Crippen LogP contribution in [0.2, 0.25) is 0 Å². The van der Waals surface area contributed by atoms with Crippen molar-refractivity contribution >= 4 is 43.6 Å². The molecule has 0 aliphatic heterocycles. The predicted molar refractivity (Wildman–Crippen MR) is 193 cm³/mol. The molecule has 0 radical (unpaired) electrons. The smallest absolute Gasteiger partial charge is 0.161 e. The molecule has 0 fully saturated rings. The number of methoxy groups -OCH3 is 1. The third kappa shape index (κ3) is 6.76. The van der Waals surface area contributed by atoms with E-state index in [1.54, 1.807) is 7.11 Å². The van der Waals surface area contributed by atoms with Crippen molar-refractivity contribution in [3.8, 4) is 23.0 Å². The summed E-state index contributed by atoms with van der Waals surface area (Å²) in [6.45, 7) is 5.02. The molecule has 0 amide bonds. The summed E-state index contributed by atoms with van der Waals surface area (Å²) >= 11 is 0. The number of aliphatic hydroxyl groups excluding tert-OH is 1. The van der Waals surface area contributed by atoms with Crippen molar-refractivity contribution in [1.29, 1.82) is 0 Å². The molecule has 246 valence electrons. The van der Waals surface area contributed by atoms with E-state index in [0.29, 0.717) is 44.3 Å². The molecule has 7 rings (SSSR count). The second-order valence-corrected chi connectivity index (χ2v) is 12.3. The maximum atomic E-state index is 11.3. The Hall–Kier alpha value is -5.18. The number of para-hydroxylation sites is 4. The molecule has 0 aliphatic carbocycles. The number of aromatic amines is 2. The Morgan fingerprint density at radius 3 is 1.73 bits per heavy atom. The summed E-state index contributed by atoms with van der Waals surface area (Å²) < 4.78 is 24.3. The van der Waals surface area contributed by atoms with Gasteiger partial charge in [-0.2, -0.15) is 0 Å². The van der Waals surface area contributed by atoms with E-state index >= 15 is 0 Å². The Kier molecular flexibility index (Phi) is 9.36. The van der Waals surface area contributed by atoms with Gasteiger partial charge in [0.15, 0.2) is 11.5 Å². The van der Waals surface area contributed by atoms with Crippen molar-refractivity contribution in [2.24, 2.45) is 5.92 Å². The van der Waals surface area contributed by atoms with Crippen molar-refractivity contribution in [3.63, 3.8) is 0 Å². The summed E-state index contributed by atoms with van der Waals surface area (Å²) in [5.41, 5.74) is 4.22. The second-order valence-electron chi connectivity index (χ2n) is 12.3. The molecule has 0 bridgehead atoms. The fraction of sp³-hybridized carbons (Fsp3) is 0.250. The number of hydrogen-bond donors (Lipinski definition) is 3. The van der Waals surface area contributed by atoms with Crippen molar-refractivity contribution in [1.82, 2.24) is 14.9 Å². The molecule has 2 unspecified atom stereocenters. The van der Waals surface area contributed by atoms with Gasteiger partial charge < -0.3 is 34.0 Å². The minimum Gasteiger partial charge on any atom is -0.493 e. The van der Waals surface area contributed by atoms with Crippen LogP contribution in [0.1, 0.15) is 6.92 Å². The molecular weight excluding hydrogens is 602 g/mol. The lowest BCUT2D eigenvalue weighted by molar-refractivity contribution is 0.0551. The largest absolute Gasteiger partial charge is 0.493 e. The zero-order valence-electron chi connectivity index (χ0n) is 27.3. The number of benzene rings is 5. The first kappa shape index (κ1) is 31.4. The lowest BCUT2D eigenvalue weighted by atomic mass is 10.1. The van der Waals surface area contributed by atoms with Crippen LogP contribution in [0.3, 0.4) is 0 Å². The average Bonchev–Trinajstić information content (AvgIpc) is 3.69. The number of nitrogens with zero attached hydrogens (tertiary/aromatic N) is 1. The number of aliphatic hydroxyl groups is 1. The van der Waals surface area contributed by atoms with Crippen LogP contribution in [0.15, 0.2) is 109 Å². The van der Waals surface area contributed by atoms with E-state index in [1.807, 2.05) is 72.8 Å². The summed E-state index contributed by atoms with van der Waals surface area (Å²) in [5, 5.41) is 15.6. The lowest BCUT2D eigenvalue weighted by Crippen LogP contribution is -2.41. The number of ether oxygens (including phenoxy) is 4. The summed E-state index contributed by atoms with van der Waals surface area (Å²) in [6.07, 6.45) is -0.718. The third-order valence-corrected chi connectivity index (χ3v) is 8.71. The molecule has 2 aromatic heterocycles.